The quantitative estimate of drug-likeness (QED) is 0.794. The maximum absolute atomic E-state index is 9.97. The molecule has 0 spiro atoms. The number of carboxylic acid groups (broad SMARTS) is 2. The summed E-state index contributed by atoms with van der Waals surface area (Å²) in [4.78, 5) is 19.0. The molecule has 1 rings (SSSR count). The summed E-state index contributed by atoms with van der Waals surface area (Å²) in [7, 11) is 0. The van der Waals surface area contributed by atoms with E-state index in [1.807, 2.05) is 0 Å². The van der Waals surface area contributed by atoms with Gasteiger partial charge in [0, 0.05) is 6.92 Å². The molecule has 0 unspecified atom stereocenters. The van der Waals surface area contributed by atoms with Crippen molar-refractivity contribution >= 4 is 28.9 Å². The van der Waals surface area contributed by atoms with E-state index in [9.17, 15) is 4.79 Å². The molecule has 0 aliphatic heterocycles. The fraction of sp³-hybridized carbons (Fsp3) is 0.143. The van der Waals surface area contributed by atoms with Crippen LogP contribution in [0, 0.1) is 0 Å². The van der Waals surface area contributed by atoms with Crippen molar-refractivity contribution < 1.29 is 24.2 Å². The van der Waals surface area contributed by atoms with Crippen LogP contribution in [0.25, 0.3) is 0 Å². The summed E-state index contributed by atoms with van der Waals surface area (Å²) in [5.74, 6) is -1.89. The van der Waals surface area contributed by atoms with Crippen molar-refractivity contribution in [2.24, 2.45) is 0 Å². The van der Waals surface area contributed by atoms with Crippen molar-refractivity contribution in [1.82, 2.24) is 0 Å². The Bertz CT molecular complexity index is 250. The lowest BCUT2D eigenvalue weighted by Crippen LogP contribution is -1.90. The van der Waals surface area contributed by atoms with Crippen molar-refractivity contribution in [2.75, 3.05) is 0 Å². The van der Waals surface area contributed by atoms with E-state index in [0.717, 1.165) is 6.92 Å². The Kier molecular flexibility index (Phi) is 8.05. The van der Waals surface area contributed by atoms with Crippen LogP contribution in [-0.4, -0.2) is 22.2 Å². The minimum atomic E-state index is -1.03. The van der Waals surface area contributed by atoms with E-state index in [2.05, 4.69) is 4.42 Å². The average molecular weight is 253 g/mol. The van der Waals surface area contributed by atoms with Gasteiger partial charge in [-0.3, -0.25) is 4.79 Å². The van der Waals surface area contributed by atoms with Gasteiger partial charge in [0.05, 0.1) is 6.26 Å². The average Bonchev–Trinajstić information content (AvgIpc) is 2.34. The number of furan rings is 1. The first-order valence-electron chi connectivity index (χ1n) is 3.00. The normalized spacial score (nSPS) is 7.46. The summed E-state index contributed by atoms with van der Waals surface area (Å²) in [6, 6.07) is 2.92. The van der Waals surface area contributed by atoms with Crippen LogP contribution < -0.4 is 0 Å². The Morgan fingerprint density at radius 2 is 1.85 bits per heavy atom. The molecule has 6 heteroatoms. The Morgan fingerprint density at radius 3 is 2.00 bits per heavy atom. The van der Waals surface area contributed by atoms with Gasteiger partial charge >= 0.3 is 5.97 Å². The first kappa shape index (κ1) is 14.2. The highest BCUT2D eigenvalue weighted by molar-refractivity contribution is 8.93. The Balaban J connectivity index is 0. The van der Waals surface area contributed by atoms with Crippen molar-refractivity contribution in [3.8, 4) is 0 Å². The molecule has 2 N–H and O–H groups in total. The second-order valence-corrected chi connectivity index (χ2v) is 1.80. The van der Waals surface area contributed by atoms with Crippen LogP contribution in [0.2, 0.25) is 0 Å². The van der Waals surface area contributed by atoms with E-state index in [4.69, 9.17) is 15.0 Å². The molecule has 0 aromatic carbocycles. The molecule has 0 saturated heterocycles. The van der Waals surface area contributed by atoms with E-state index in [1.54, 1.807) is 0 Å². The van der Waals surface area contributed by atoms with Gasteiger partial charge in [0.25, 0.3) is 5.97 Å². The third-order valence-corrected chi connectivity index (χ3v) is 0.732. The molecular weight excluding hydrogens is 244 g/mol. The number of rotatable bonds is 1. The second kappa shape index (κ2) is 7.35. The molecule has 13 heavy (non-hydrogen) atoms. The lowest BCUT2D eigenvalue weighted by Gasteiger charge is -1.79. The number of hydrogen-bond donors (Lipinski definition) is 2. The van der Waals surface area contributed by atoms with Crippen LogP contribution in [0.5, 0.6) is 0 Å². The third-order valence-electron chi connectivity index (χ3n) is 0.732. The van der Waals surface area contributed by atoms with Crippen LogP contribution in [0.15, 0.2) is 22.8 Å². The summed E-state index contributed by atoms with van der Waals surface area (Å²) in [5, 5.41) is 15.6. The third kappa shape index (κ3) is 8.61. The van der Waals surface area contributed by atoms with Crippen LogP contribution >= 0.6 is 17.0 Å². The van der Waals surface area contributed by atoms with Gasteiger partial charge in [-0.15, -0.1) is 17.0 Å². The largest absolute Gasteiger partial charge is 0.481 e. The fourth-order valence-corrected chi connectivity index (χ4v) is 0.400. The summed E-state index contributed by atoms with van der Waals surface area (Å²) in [6.07, 6.45) is 1.32. The molecule has 0 radical (unpaired) electrons. The first-order valence-corrected chi connectivity index (χ1v) is 3.00. The second-order valence-electron chi connectivity index (χ2n) is 1.80. The van der Waals surface area contributed by atoms with Gasteiger partial charge in [0.1, 0.15) is 0 Å². The molecule has 0 saturated carbocycles. The SMILES string of the molecule is Br.CC(=O)O.O=C(O)c1ccco1. The van der Waals surface area contributed by atoms with Gasteiger partial charge in [-0.25, -0.2) is 4.79 Å². The summed E-state index contributed by atoms with van der Waals surface area (Å²) >= 11 is 0. The van der Waals surface area contributed by atoms with Crippen LogP contribution in [0.3, 0.4) is 0 Å². The monoisotopic (exact) mass is 252 g/mol. The van der Waals surface area contributed by atoms with E-state index >= 15 is 0 Å². The molecule has 74 valence electrons. The van der Waals surface area contributed by atoms with E-state index in [-0.39, 0.29) is 22.7 Å². The predicted octanol–water partition coefficient (Wildman–Crippen LogP) is 1.65. The molecule has 1 aromatic heterocycles. The van der Waals surface area contributed by atoms with E-state index < -0.39 is 11.9 Å². The molecule has 0 amide bonds. The predicted molar refractivity (Wildman–Crippen MR) is 49.3 cm³/mol. The number of hydrogen-bond acceptors (Lipinski definition) is 3. The minimum absolute atomic E-state index is 0. The van der Waals surface area contributed by atoms with Crippen LogP contribution in [0.1, 0.15) is 17.5 Å². The minimum Gasteiger partial charge on any atom is -0.481 e. The van der Waals surface area contributed by atoms with Gasteiger partial charge in [0.2, 0.25) is 5.76 Å². The standard InChI is InChI=1S/C5H4O3.C2H4O2.BrH/c6-5(7)4-2-1-3-8-4;1-2(3)4;/h1-3H,(H,6,7);1H3,(H,3,4);1H. The highest BCUT2D eigenvalue weighted by atomic mass is 79.9. The molecule has 0 aliphatic rings. The van der Waals surface area contributed by atoms with Crippen LogP contribution in [-0.2, 0) is 4.79 Å². The first-order chi connectivity index (χ1) is 5.54. The van der Waals surface area contributed by atoms with E-state index in [1.165, 1.54) is 18.4 Å². The number of carbonyl (C=O) groups is 2. The lowest BCUT2D eigenvalue weighted by atomic mass is 10.5. The van der Waals surface area contributed by atoms with Crippen molar-refractivity contribution in [3.05, 3.63) is 24.2 Å². The van der Waals surface area contributed by atoms with Crippen molar-refractivity contribution in [2.45, 2.75) is 6.92 Å². The fourth-order valence-electron chi connectivity index (χ4n) is 0.400. The van der Waals surface area contributed by atoms with Gasteiger partial charge in [0.15, 0.2) is 0 Å². The molecule has 0 bridgehead atoms. The Hall–Kier alpha value is -1.30. The number of aromatic carboxylic acids is 1. The van der Waals surface area contributed by atoms with Gasteiger partial charge in [-0.2, -0.15) is 0 Å². The molecule has 5 nitrogen and oxygen atoms in total. The number of carboxylic acids is 2. The molecule has 0 aliphatic carbocycles. The van der Waals surface area contributed by atoms with Crippen LogP contribution in [0.4, 0.5) is 0 Å². The maximum atomic E-state index is 9.97. The van der Waals surface area contributed by atoms with Crippen molar-refractivity contribution in [1.29, 1.82) is 0 Å². The van der Waals surface area contributed by atoms with Gasteiger partial charge in [-0.1, -0.05) is 0 Å². The molecule has 0 atom stereocenters. The Labute approximate surface area is 84.8 Å². The smallest absolute Gasteiger partial charge is 0.371 e. The molecule has 0 fully saturated rings. The lowest BCUT2D eigenvalue weighted by molar-refractivity contribution is -0.134. The zero-order valence-corrected chi connectivity index (χ0v) is 8.47. The van der Waals surface area contributed by atoms with E-state index in [0.29, 0.717) is 0 Å². The molecular formula is C7H9BrO5. The summed E-state index contributed by atoms with van der Waals surface area (Å²) in [5.41, 5.74) is 0. The molecule has 1 heterocycles. The zero-order valence-electron chi connectivity index (χ0n) is 6.76. The zero-order chi connectivity index (χ0) is 9.56. The topological polar surface area (TPSA) is 87.7 Å². The van der Waals surface area contributed by atoms with Crippen molar-refractivity contribution in [3.63, 3.8) is 0 Å². The molecule has 1 aromatic rings. The number of halogens is 1. The Morgan fingerprint density at radius 1 is 1.38 bits per heavy atom. The summed E-state index contributed by atoms with van der Waals surface area (Å²) < 4.78 is 4.50. The highest BCUT2D eigenvalue weighted by Crippen LogP contribution is 1.97. The van der Waals surface area contributed by atoms with Gasteiger partial charge in [-0.05, 0) is 12.1 Å². The summed E-state index contributed by atoms with van der Waals surface area (Å²) in [6.45, 7) is 1.08. The maximum Gasteiger partial charge on any atom is 0.371 e. The number of aliphatic carboxylic acids is 1. The van der Waals surface area contributed by atoms with Gasteiger partial charge < -0.3 is 14.6 Å². The highest BCUT2D eigenvalue weighted by Gasteiger charge is 2.01.